The lowest BCUT2D eigenvalue weighted by Crippen LogP contribution is -2.64. The van der Waals surface area contributed by atoms with E-state index in [0.29, 0.717) is 13.1 Å². The lowest BCUT2D eigenvalue weighted by Gasteiger charge is -2.40. The number of amides is 5. The number of nitrogens with zero attached hydrogens (tertiary/aromatic N) is 2. The highest BCUT2D eigenvalue weighted by atomic mass is 19.4. The van der Waals surface area contributed by atoms with Gasteiger partial charge in [0.15, 0.2) is 0 Å². The summed E-state index contributed by atoms with van der Waals surface area (Å²) in [7, 11) is 0. The summed E-state index contributed by atoms with van der Waals surface area (Å²) < 4.78 is 39.6. The number of rotatable bonds is 13. The average molecular weight is 701 g/mol. The van der Waals surface area contributed by atoms with E-state index in [4.69, 9.17) is 0 Å². The number of nitrogens with one attached hydrogen (secondary N) is 4. The van der Waals surface area contributed by atoms with Crippen molar-refractivity contribution in [1.82, 2.24) is 31.1 Å². The van der Waals surface area contributed by atoms with Gasteiger partial charge in [-0.2, -0.15) is 13.2 Å². The van der Waals surface area contributed by atoms with E-state index >= 15 is 0 Å². The minimum absolute atomic E-state index is 0.101. The molecule has 278 valence electrons. The highest BCUT2D eigenvalue weighted by Gasteiger charge is 2.70. The molecule has 2 aliphatic heterocycles. The molecule has 7 atom stereocenters. The predicted molar refractivity (Wildman–Crippen MR) is 177 cm³/mol. The van der Waals surface area contributed by atoms with Gasteiger partial charge in [0.25, 0.3) is 5.91 Å². The summed E-state index contributed by atoms with van der Waals surface area (Å²) in [4.78, 5) is 70.3. The number of ketones is 1. The van der Waals surface area contributed by atoms with Crippen LogP contribution in [0.2, 0.25) is 0 Å². The van der Waals surface area contributed by atoms with Gasteiger partial charge in [-0.1, -0.05) is 61.5 Å². The molecule has 3 rings (SSSR count). The first-order valence-corrected chi connectivity index (χ1v) is 17.0. The van der Waals surface area contributed by atoms with Gasteiger partial charge in [0, 0.05) is 32.6 Å². The molecule has 2 unspecified atom stereocenters. The van der Waals surface area contributed by atoms with Gasteiger partial charge in [0.2, 0.25) is 17.6 Å². The number of halogens is 3. The van der Waals surface area contributed by atoms with Crippen molar-refractivity contribution in [3.8, 4) is 0 Å². The third kappa shape index (κ3) is 9.74. The van der Waals surface area contributed by atoms with Gasteiger partial charge in [0.1, 0.15) is 18.3 Å². The van der Waals surface area contributed by atoms with Crippen LogP contribution in [0.25, 0.3) is 0 Å². The van der Waals surface area contributed by atoms with Crippen molar-refractivity contribution in [3.05, 3.63) is 12.7 Å². The summed E-state index contributed by atoms with van der Waals surface area (Å²) in [5.74, 6) is -4.29. The lowest BCUT2D eigenvalue weighted by molar-refractivity contribution is -0.148. The second-order valence-corrected chi connectivity index (χ2v) is 16.4. The molecule has 5 amide bonds. The van der Waals surface area contributed by atoms with E-state index in [0.717, 1.165) is 12.8 Å². The fourth-order valence-electron chi connectivity index (χ4n) is 7.14. The summed E-state index contributed by atoms with van der Waals surface area (Å²) in [6.07, 6.45) is -4.72. The number of piperidine rings is 1. The molecule has 3 aliphatic rings. The van der Waals surface area contributed by atoms with Crippen molar-refractivity contribution in [3.63, 3.8) is 0 Å². The van der Waals surface area contributed by atoms with Gasteiger partial charge in [-0.3, -0.25) is 24.1 Å². The lowest BCUT2D eigenvalue weighted by atomic mass is 9.84. The fraction of sp³-hybridized carbons (Fsp3) is 0.794. The Bertz CT molecular complexity index is 1270. The standard InChI is InChI=1S/C34H55F3N6O6/c1-10-15-38-27(46)23(44)20(13-14-34(35,36)37)39-26(45)22-21-19(33(21,8)9)18-43(22)29(48)25(32(5,6)7)41-30(49)40-24(31(2,3)4)28(47)42-16-11-12-17-42/h10,19-22,24-25,28,47H,1,11-18H2,2-9H3,(H,38,46)(H,39,45)(H2,40,41,49)/t19-,20?,21-,22-,24+,25+,28?/m0/s1. The van der Waals surface area contributed by atoms with Crippen molar-refractivity contribution >= 4 is 29.5 Å². The predicted octanol–water partition coefficient (Wildman–Crippen LogP) is 2.71. The van der Waals surface area contributed by atoms with Crippen molar-refractivity contribution in [2.45, 2.75) is 118 Å². The normalized spacial score (nSPS) is 24.6. The minimum atomic E-state index is -4.65. The second kappa shape index (κ2) is 15.0. The third-order valence-corrected chi connectivity index (χ3v) is 10.2. The Labute approximate surface area is 287 Å². The zero-order chi connectivity index (χ0) is 37.3. The molecule has 0 aromatic heterocycles. The summed E-state index contributed by atoms with van der Waals surface area (Å²) in [6.45, 7) is 19.6. The molecular formula is C34H55F3N6O6. The first-order valence-electron chi connectivity index (χ1n) is 17.0. The van der Waals surface area contributed by atoms with Crippen LogP contribution in [-0.2, 0) is 19.2 Å². The smallest absolute Gasteiger partial charge is 0.376 e. The van der Waals surface area contributed by atoms with E-state index in [1.54, 1.807) is 20.8 Å². The van der Waals surface area contributed by atoms with Crippen LogP contribution in [0, 0.1) is 28.1 Å². The SMILES string of the molecule is C=CCNC(=O)C(=O)C(CCC(F)(F)F)NC(=O)[C@@H]1[C@@H]2[C@H](CN1C(=O)[C@@H](NC(=O)N[C@H](C(O)N1CCCC1)C(C)(C)C)C(C)(C)C)C2(C)C. The maximum Gasteiger partial charge on any atom is 0.389 e. The zero-order valence-electron chi connectivity index (χ0n) is 30.0. The van der Waals surface area contributed by atoms with E-state index in [1.165, 1.54) is 11.0 Å². The van der Waals surface area contributed by atoms with Crippen LogP contribution in [0.4, 0.5) is 18.0 Å². The Morgan fingerprint density at radius 1 is 0.959 bits per heavy atom. The van der Waals surface area contributed by atoms with E-state index in [9.17, 15) is 42.3 Å². The molecule has 0 spiro atoms. The molecule has 2 saturated heterocycles. The summed E-state index contributed by atoms with van der Waals surface area (Å²) >= 11 is 0. The van der Waals surface area contributed by atoms with Crippen molar-refractivity contribution in [2.24, 2.45) is 28.1 Å². The van der Waals surface area contributed by atoms with Gasteiger partial charge >= 0.3 is 12.2 Å². The maximum absolute atomic E-state index is 14.3. The van der Waals surface area contributed by atoms with E-state index in [2.05, 4.69) is 27.8 Å². The third-order valence-electron chi connectivity index (χ3n) is 10.2. The number of carbonyl (C=O) groups is 5. The molecule has 3 fully saturated rings. The molecule has 5 N–H and O–H groups in total. The summed E-state index contributed by atoms with van der Waals surface area (Å²) in [6, 6.07) is -5.44. The van der Waals surface area contributed by atoms with Crippen molar-refractivity contribution in [1.29, 1.82) is 0 Å². The minimum Gasteiger partial charge on any atom is -0.376 e. The first kappa shape index (κ1) is 40.2. The number of hydrogen-bond donors (Lipinski definition) is 5. The van der Waals surface area contributed by atoms with Crippen LogP contribution in [-0.4, -0.2) is 107 Å². The fourth-order valence-corrected chi connectivity index (χ4v) is 7.14. The van der Waals surface area contributed by atoms with Crippen LogP contribution < -0.4 is 21.3 Å². The van der Waals surface area contributed by atoms with Crippen LogP contribution >= 0.6 is 0 Å². The molecule has 2 heterocycles. The Hall–Kier alpha value is -3.20. The molecule has 49 heavy (non-hydrogen) atoms. The summed E-state index contributed by atoms with van der Waals surface area (Å²) in [5.41, 5.74) is -1.77. The number of hydrogen-bond acceptors (Lipinski definition) is 7. The Morgan fingerprint density at radius 2 is 1.55 bits per heavy atom. The van der Waals surface area contributed by atoms with E-state index < -0.39 is 89.8 Å². The highest BCUT2D eigenvalue weighted by molar-refractivity contribution is 6.38. The van der Waals surface area contributed by atoms with Gasteiger partial charge in [0.05, 0.1) is 12.1 Å². The van der Waals surface area contributed by atoms with Gasteiger partial charge in [-0.25, -0.2) is 4.79 Å². The molecule has 0 aromatic rings. The highest BCUT2D eigenvalue weighted by Crippen LogP contribution is 2.65. The number of urea groups is 1. The molecular weight excluding hydrogens is 645 g/mol. The van der Waals surface area contributed by atoms with E-state index in [1.807, 2.05) is 39.5 Å². The largest absolute Gasteiger partial charge is 0.389 e. The number of carbonyl (C=O) groups excluding carboxylic acids is 5. The number of alkyl halides is 3. The molecule has 15 heteroatoms. The number of likely N-dealkylation sites (tertiary alicyclic amines) is 2. The van der Waals surface area contributed by atoms with Gasteiger partial charge in [-0.05, 0) is 47.3 Å². The molecule has 0 aromatic carbocycles. The molecule has 0 radical (unpaired) electrons. The summed E-state index contributed by atoms with van der Waals surface area (Å²) in [5, 5.41) is 21.4. The number of aliphatic hydroxyl groups is 1. The Balaban J connectivity index is 1.85. The van der Waals surface area contributed by atoms with E-state index in [-0.39, 0.29) is 30.3 Å². The van der Waals surface area contributed by atoms with Crippen LogP contribution in [0.3, 0.4) is 0 Å². The monoisotopic (exact) mass is 700 g/mol. The first-order chi connectivity index (χ1) is 22.4. The molecule has 0 bridgehead atoms. The number of fused-ring (bicyclic) bond motifs is 1. The van der Waals surface area contributed by atoms with Crippen molar-refractivity contribution < 1.29 is 42.3 Å². The Kier molecular flexibility index (Phi) is 12.3. The molecule has 1 aliphatic carbocycles. The molecule has 12 nitrogen and oxygen atoms in total. The quantitative estimate of drug-likeness (QED) is 0.146. The van der Waals surface area contributed by atoms with Crippen LogP contribution in [0.5, 0.6) is 0 Å². The van der Waals surface area contributed by atoms with Crippen molar-refractivity contribution in [2.75, 3.05) is 26.2 Å². The van der Waals surface area contributed by atoms with Gasteiger partial charge < -0.3 is 31.3 Å². The average Bonchev–Trinajstić information content (AvgIpc) is 3.42. The number of Topliss-reactive ketones (excluding diaryl/α,β-unsaturated/α-hetero) is 1. The van der Waals surface area contributed by atoms with Crippen LogP contribution in [0.1, 0.15) is 81.1 Å². The second-order valence-electron chi connectivity index (χ2n) is 16.4. The maximum atomic E-state index is 14.3. The van der Waals surface area contributed by atoms with Gasteiger partial charge in [-0.15, -0.1) is 6.58 Å². The van der Waals surface area contributed by atoms with Crippen LogP contribution in [0.15, 0.2) is 12.7 Å². The number of aliphatic hydroxyl groups excluding tert-OH is 1. The topological polar surface area (TPSA) is 160 Å². The molecule has 1 saturated carbocycles. The zero-order valence-corrected chi connectivity index (χ0v) is 30.0. The Morgan fingerprint density at radius 3 is 2.06 bits per heavy atom.